The van der Waals surface area contributed by atoms with E-state index in [0.29, 0.717) is 22.6 Å². The first-order valence-corrected chi connectivity index (χ1v) is 13.1. The molecular weight excluding hydrogens is 661 g/mol. The Kier molecular flexibility index (Phi) is 7.40. The number of ether oxygens (including phenoxy) is 1. The van der Waals surface area contributed by atoms with E-state index in [2.05, 4.69) is 62.6 Å². The summed E-state index contributed by atoms with van der Waals surface area (Å²) in [5.41, 5.74) is 4.73. The molecule has 2 fully saturated rings. The van der Waals surface area contributed by atoms with Crippen LogP contribution in [0.3, 0.4) is 0 Å². The lowest BCUT2D eigenvalue weighted by molar-refractivity contribution is -0.123. The molecule has 0 bridgehead atoms. The van der Waals surface area contributed by atoms with Crippen LogP contribution in [0.15, 0.2) is 35.4 Å². The predicted molar refractivity (Wildman–Crippen MR) is 142 cm³/mol. The normalized spacial score (nSPS) is 24.7. The molecule has 2 aliphatic rings. The molecule has 2 aliphatic carbocycles. The molecule has 31 heavy (non-hydrogen) atoms. The standard InChI is InChI=1S/C23H22Cl2I2N2O2/c1-23-7-3-2-4-16(23)20(23)22(30)29-28-11-13-8-18(26)21(19(27)9-13)31-12-14-5-6-15(24)10-17(14)25/h5-6,8-11,16,20H,2-4,7,12H2,1H3,(H,29,30)/b28-11-/t16-,20-,23+/m1/s1. The van der Waals surface area contributed by atoms with Gasteiger partial charge in [-0.1, -0.05) is 49.0 Å². The van der Waals surface area contributed by atoms with Crippen LogP contribution in [0.25, 0.3) is 0 Å². The Balaban J connectivity index is 1.37. The van der Waals surface area contributed by atoms with Gasteiger partial charge in [0.1, 0.15) is 12.4 Å². The summed E-state index contributed by atoms with van der Waals surface area (Å²) in [6.45, 7) is 2.60. The van der Waals surface area contributed by atoms with Crippen molar-refractivity contribution in [2.75, 3.05) is 0 Å². The first-order valence-electron chi connectivity index (χ1n) is 10.2. The summed E-state index contributed by atoms with van der Waals surface area (Å²) in [5, 5.41) is 5.40. The number of hydrogen-bond donors (Lipinski definition) is 1. The molecule has 0 heterocycles. The molecule has 2 aromatic carbocycles. The Labute approximate surface area is 219 Å². The summed E-state index contributed by atoms with van der Waals surface area (Å²) in [7, 11) is 0. The average molecular weight is 683 g/mol. The fraction of sp³-hybridized carbons (Fsp3) is 0.391. The smallest absolute Gasteiger partial charge is 0.244 e. The molecular formula is C23H22Cl2I2N2O2. The topological polar surface area (TPSA) is 50.7 Å². The van der Waals surface area contributed by atoms with E-state index >= 15 is 0 Å². The van der Waals surface area contributed by atoms with Gasteiger partial charge in [-0.05, 0) is 99.2 Å². The van der Waals surface area contributed by atoms with Gasteiger partial charge in [0, 0.05) is 21.5 Å². The number of benzene rings is 2. The maximum Gasteiger partial charge on any atom is 0.244 e. The van der Waals surface area contributed by atoms with Gasteiger partial charge in [0.15, 0.2) is 0 Å². The zero-order valence-corrected chi connectivity index (χ0v) is 22.8. The summed E-state index contributed by atoms with van der Waals surface area (Å²) in [6, 6.07) is 9.34. The van der Waals surface area contributed by atoms with E-state index in [9.17, 15) is 4.79 Å². The highest BCUT2D eigenvalue weighted by atomic mass is 127. The van der Waals surface area contributed by atoms with Crippen molar-refractivity contribution in [2.45, 2.75) is 39.2 Å². The molecule has 0 saturated heterocycles. The van der Waals surface area contributed by atoms with Crippen LogP contribution >= 0.6 is 68.4 Å². The van der Waals surface area contributed by atoms with Gasteiger partial charge in [-0.25, -0.2) is 5.43 Å². The first kappa shape index (κ1) is 23.6. The lowest BCUT2D eigenvalue weighted by Crippen LogP contribution is -2.22. The van der Waals surface area contributed by atoms with Crippen LogP contribution < -0.4 is 10.2 Å². The van der Waals surface area contributed by atoms with Gasteiger partial charge in [0.05, 0.1) is 13.4 Å². The lowest BCUT2D eigenvalue weighted by Gasteiger charge is -2.15. The summed E-state index contributed by atoms with van der Waals surface area (Å²) in [6.07, 6.45) is 6.48. The van der Waals surface area contributed by atoms with Gasteiger partial charge >= 0.3 is 0 Å². The van der Waals surface area contributed by atoms with Crippen molar-refractivity contribution in [2.24, 2.45) is 22.4 Å². The molecule has 2 saturated carbocycles. The van der Waals surface area contributed by atoms with Crippen LogP contribution in [-0.2, 0) is 11.4 Å². The van der Waals surface area contributed by atoms with Crippen LogP contribution in [0.2, 0.25) is 10.0 Å². The Bertz CT molecular complexity index is 1020. The SMILES string of the molecule is C[C@]12CCCC[C@@H]1[C@@H]2C(=O)N/N=C\c1cc(I)c(OCc2ccc(Cl)cc2Cl)c(I)c1. The minimum Gasteiger partial charge on any atom is -0.487 e. The van der Waals surface area contributed by atoms with Crippen LogP contribution in [0.5, 0.6) is 5.75 Å². The molecule has 4 nitrogen and oxygen atoms in total. The molecule has 8 heteroatoms. The number of carbonyl (C=O) groups excluding carboxylic acids is 1. The summed E-state index contributed by atoms with van der Waals surface area (Å²) < 4.78 is 7.94. The van der Waals surface area contributed by atoms with Crippen molar-refractivity contribution < 1.29 is 9.53 Å². The van der Waals surface area contributed by atoms with Gasteiger partial charge in [-0.15, -0.1) is 0 Å². The molecule has 2 aromatic rings. The highest BCUT2D eigenvalue weighted by molar-refractivity contribution is 14.1. The van der Waals surface area contributed by atoms with Crippen LogP contribution in [0, 0.1) is 24.4 Å². The molecule has 3 atom stereocenters. The van der Waals surface area contributed by atoms with Crippen molar-refractivity contribution in [3.63, 3.8) is 0 Å². The third-order valence-electron chi connectivity index (χ3n) is 6.41. The minimum absolute atomic E-state index is 0.0508. The van der Waals surface area contributed by atoms with E-state index in [1.165, 1.54) is 12.8 Å². The summed E-state index contributed by atoms with van der Waals surface area (Å²) >= 11 is 16.7. The van der Waals surface area contributed by atoms with Gasteiger partial charge in [-0.3, -0.25) is 4.79 Å². The summed E-state index contributed by atoms with van der Waals surface area (Å²) in [4.78, 5) is 12.6. The maximum atomic E-state index is 12.6. The van der Waals surface area contributed by atoms with E-state index in [4.69, 9.17) is 27.9 Å². The number of fused-ring (bicyclic) bond motifs is 1. The van der Waals surface area contributed by atoms with E-state index < -0.39 is 0 Å². The van der Waals surface area contributed by atoms with Crippen molar-refractivity contribution in [3.8, 4) is 5.75 Å². The van der Waals surface area contributed by atoms with E-state index in [-0.39, 0.29) is 17.2 Å². The van der Waals surface area contributed by atoms with Crippen molar-refractivity contribution >= 4 is 80.5 Å². The summed E-state index contributed by atoms with van der Waals surface area (Å²) in [5.74, 6) is 1.49. The molecule has 164 valence electrons. The van der Waals surface area contributed by atoms with Crippen LogP contribution in [-0.4, -0.2) is 12.1 Å². The van der Waals surface area contributed by atoms with Crippen LogP contribution in [0.4, 0.5) is 0 Å². The number of nitrogens with zero attached hydrogens (tertiary/aromatic N) is 1. The number of nitrogens with one attached hydrogen (secondary N) is 1. The van der Waals surface area contributed by atoms with Crippen molar-refractivity contribution in [1.29, 1.82) is 0 Å². The third-order valence-corrected chi connectivity index (χ3v) is 8.60. The van der Waals surface area contributed by atoms with E-state index in [0.717, 1.165) is 36.9 Å². The monoisotopic (exact) mass is 682 g/mol. The van der Waals surface area contributed by atoms with E-state index in [1.54, 1.807) is 18.3 Å². The Hall–Kier alpha value is -0.580. The minimum atomic E-state index is 0.0508. The second kappa shape index (κ2) is 9.73. The fourth-order valence-electron chi connectivity index (χ4n) is 4.67. The molecule has 1 amide bonds. The number of hydrazone groups is 1. The average Bonchev–Trinajstić information content (AvgIpc) is 3.34. The molecule has 0 aliphatic heterocycles. The van der Waals surface area contributed by atoms with Gasteiger partial charge in [-0.2, -0.15) is 5.10 Å². The lowest BCUT2D eigenvalue weighted by atomic mass is 9.90. The number of carbonyl (C=O) groups is 1. The van der Waals surface area contributed by atoms with Crippen molar-refractivity contribution in [1.82, 2.24) is 5.43 Å². The quantitative estimate of drug-likeness (QED) is 0.202. The Morgan fingerprint density at radius 2 is 2.00 bits per heavy atom. The zero-order valence-electron chi connectivity index (χ0n) is 16.9. The van der Waals surface area contributed by atoms with Gasteiger partial charge in [0.25, 0.3) is 0 Å². The second-order valence-corrected chi connectivity index (χ2v) is 11.6. The number of rotatable bonds is 6. The number of halogens is 4. The largest absolute Gasteiger partial charge is 0.487 e. The fourth-order valence-corrected chi connectivity index (χ4v) is 7.26. The molecule has 0 radical (unpaired) electrons. The Morgan fingerprint density at radius 3 is 2.65 bits per heavy atom. The molecule has 0 spiro atoms. The second-order valence-electron chi connectivity index (χ2n) is 8.41. The molecule has 0 unspecified atom stereocenters. The third kappa shape index (κ3) is 5.17. The number of hydrogen-bond acceptors (Lipinski definition) is 3. The molecule has 0 aromatic heterocycles. The van der Waals surface area contributed by atoms with Gasteiger partial charge < -0.3 is 4.74 Å². The van der Waals surface area contributed by atoms with Crippen LogP contribution in [0.1, 0.15) is 43.7 Å². The molecule has 1 N–H and O–H groups in total. The predicted octanol–water partition coefficient (Wildman–Crippen LogP) is 7.06. The van der Waals surface area contributed by atoms with E-state index in [1.807, 2.05) is 18.2 Å². The van der Waals surface area contributed by atoms with Crippen molar-refractivity contribution in [3.05, 3.63) is 58.6 Å². The maximum absolute atomic E-state index is 12.6. The molecule has 4 rings (SSSR count). The highest BCUT2D eigenvalue weighted by Gasteiger charge is 2.64. The number of amides is 1. The first-order chi connectivity index (χ1) is 14.8. The Morgan fingerprint density at radius 1 is 1.26 bits per heavy atom. The highest BCUT2D eigenvalue weighted by Crippen LogP contribution is 2.66. The van der Waals surface area contributed by atoms with Gasteiger partial charge in [0.2, 0.25) is 5.91 Å². The zero-order chi connectivity index (χ0) is 22.2.